The molecule has 1 atom stereocenters. The lowest BCUT2D eigenvalue weighted by Crippen LogP contribution is -2.11. The molecular weight excluding hydrogens is 219 g/mol. The van der Waals surface area contributed by atoms with Gasteiger partial charge in [-0.05, 0) is 13.8 Å². The largest absolute Gasteiger partial charge is 0.463 e. The summed E-state index contributed by atoms with van der Waals surface area (Å²) in [6, 6.07) is 0. The van der Waals surface area contributed by atoms with Gasteiger partial charge in [0.15, 0.2) is 0 Å². The van der Waals surface area contributed by atoms with Gasteiger partial charge < -0.3 is 13.8 Å². The molecule has 0 rings (SSSR count). The van der Waals surface area contributed by atoms with Crippen LogP contribution in [-0.4, -0.2) is 32.5 Å². The Hall–Kier alpha value is -0.640. The minimum Gasteiger partial charge on any atom is -0.463 e. The topological polar surface area (TPSA) is 61.8 Å². The van der Waals surface area contributed by atoms with Crippen molar-refractivity contribution in [2.45, 2.75) is 13.8 Å². The van der Waals surface area contributed by atoms with Crippen molar-refractivity contribution < 1.29 is 23.1 Å². The molecule has 0 heterocycles. The maximum atomic E-state index is 11.8. The number of esters is 1. The molecular formula is C9H17O5P. The highest BCUT2D eigenvalue weighted by molar-refractivity contribution is 7.54. The summed E-state index contributed by atoms with van der Waals surface area (Å²) >= 11 is 0. The number of rotatable bonds is 7. The van der Waals surface area contributed by atoms with Gasteiger partial charge >= 0.3 is 13.6 Å². The highest BCUT2D eigenvalue weighted by Gasteiger charge is 2.26. The Morgan fingerprint density at radius 3 is 2.33 bits per heavy atom. The number of carbonyl (C=O) groups is 1. The van der Waals surface area contributed by atoms with Crippen LogP contribution in [0.1, 0.15) is 13.8 Å². The monoisotopic (exact) mass is 236 g/mol. The first-order valence-electron chi connectivity index (χ1n) is 4.63. The molecule has 0 radical (unpaired) electrons. The molecule has 6 heteroatoms. The summed E-state index contributed by atoms with van der Waals surface area (Å²) in [5, 5.41) is 0. The molecule has 0 aromatic rings. The summed E-state index contributed by atoms with van der Waals surface area (Å²) in [5.41, 5.74) is 0.0930. The molecule has 88 valence electrons. The van der Waals surface area contributed by atoms with Crippen LogP contribution < -0.4 is 0 Å². The van der Waals surface area contributed by atoms with Gasteiger partial charge in [-0.3, -0.25) is 4.57 Å². The molecule has 0 aromatic heterocycles. The van der Waals surface area contributed by atoms with Crippen LogP contribution >= 0.6 is 7.60 Å². The molecule has 0 fully saturated rings. The quantitative estimate of drug-likeness (QED) is 0.384. The third-order valence-electron chi connectivity index (χ3n) is 1.55. The zero-order valence-corrected chi connectivity index (χ0v) is 10.2. The van der Waals surface area contributed by atoms with Crippen LogP contribution in [0.4, 0.5) is 0 Å². The van der Waals surface area contributed by atoms with E-state index in [-0.39, 0.29) is 24.9 Å². The van der Waals surface area contributed by atoms with Gasteiger partial charge in [0.1, 0.15) is 0 Å². The lowest BCUT2D eigenvalue weighted by Gasteiger charge is -2.15. The molecule has 1 unspecified atom stereocenters. The third-order valence-corrected chi connectivity index (χ3v) is 3.53. The number of ether oxygens (including phenoxy) is 1. The van der Waals surface area contributed by atoms with E-state index in [1.54, 1.807) is 13.8 Å². The van der Waals surface area contributed by atoms with Crippen LogP contribution in [0.15, 0.2) is 12.2 Å². The third kappa shape index (κ3) is 5.11. The minimum absolute atomic E-state index is 0.0930. The molecule has 0 aromatic carbocycles. The van der Waals surface area contributed by atoms with E-state index in [0.717, 1.165) is 0 Å². The number of hydrogen-bond donors (Lipinski definition) is 0. The average molecular weight is 236 g/mol. The molecule has 0 amide bonds. The van der Waals surface area contributed by atoms with E-state index in [1.165, 1.54) is 7.11 Å². The zero-order chi connectivity index (χ0) is 11.9. The molecule has 0 spiro atoms. The SMILES string of the molecule is C=C(CP(=O)(OC)OCC)C(=O)OCC. The number of carbonyl (C=O) groups excluding carboxylic acids is 1. The van der Waals surface area contributed by atoms with E-state index >= 15 is 0 Å². The first-order chi connectivity index (χ1) is 6.99. The van der Waals surface area contributed by atoms with Gasteiger partial charge in [0.2, 0.25) is 0 Å². The summed E-state index contributed by atoms with van der Waals surface area (Å²) in [5.74, 6) is -0.575. The van der Waals surface area contributed by atoms with E-state index < -0.39 is 13.6 Å². The predicted octanol–water partition coefficient (Wildman–Crippen LogP) is 1.98. The lowest BCUT2D eigenvalue weighted by molar-refractivity contribution is -0.138. The Morgan fingerprint density at radius 2 is 1.93 bits per heavy atom. The second-order valence-corrected chi connectivity index (χ2v) is 4.85. The van der Waals surface area contributed by atoms with Crippen molar-refractivity contribution in [1.82, 2.24) is 0 Å². The van der Waals surface area contributed by atoms with Crippen LogP contribution in [-0.2, 0) is 23.1 Å². The normalized spacial score (nSPS) is 14.3. The summed E-state index contributed by atoms with van der Waals surface area (Å²) in [6.45, 7) is 7.36. The maximum Gasteiger partial charge on any atom is 0.335 e. The van der Waals surface area contributed by atoms with Crippen molar-refractivity contribution in [3.05, 3.63) is 12.2 Å². The van der Waals surface area contributed by atoms with Crippen LogP contribution in [0.25, 0.3) is 0 Å². The Labute approximate surface area is 89.9 Å². The van der Waals surface area contributed by atoms with Crippen LogP contribution in [0.5, 0.6) is 0 Å². The fourth-order valence-corrected chi connectivity index (χ4v) is 2.21. The standard InChI is InChI=1S/C9H17O5P/c1-5-13-9(10)8(3)7-15(11,12-4)14-6-2/h3,5-7H2,1-2,4H3. The Balaban J connectivity index is 4.36. The van der Waals surface area contributed by atoms with E-state index in [1.807, 2.05) is 0 Å². The predicted molar refractivity (Wildman–Crippen MR) is 56.9 cm³/mol. The first kappa shape index (κ1) is 14.4. The van der Waals surface area contributed by atoms with Crippen molar-refractivity contribution >= 4 is 13.6 Å². The average Bonchev–Trinajstić information content (AvgIpc) is 2.18. The van der Waals surface area contributed by atoms with Crippen LogP contribution in [0, 0.1) is 0 Å². The smallest absolute Gasteiger partial charge is 0.335 e. The van der Waals surface area contributed by atoms with Gasteiger partial charge in [-0.25, -0.2) is 4.79 Å². The Morgan fingerprint density at radius 1 is 1.33 bits per heavy atom. The number of hydrogen-bond acceptors (Lipinski definition) is 5. The van der Waals surface area contributed by atoms with Crippen molar-refractivity contribution in [2.75, 3.05) is 26.5 Å². The van der Waals surface area contributed by atoms with Gasteiger partial charge in [-0.2, -0.15) is 0 Å². The van der Waals surface area contributed by atoms with E-state index in [9.17, 15) is 9.36 Å². The lowest BCUT2D eigenvalue weighted by atomic mass is 10.4. The van der Waals surface area contributed by atoms with E-state index in [4.69, 9.17) is 13.8 Å². The first-order valence-corrected chi connectivity index (χ1v) is 6.36. The van der Waals surface area contributed by atoms with Crippen molar-refractivity contribution in [1.29, 1.82) is 0 Å². The second kappa shape index (κ2) is 6.77. The molecule has 0 aliphatic rings. The molecule has 0 aliphatic carbocycles. The summed E-state index contributed by atoms with van der Waals surface area (Å²) in [4.78, 5) is 11.2. The van der Waals surface area contributed by atoms with E-state index in [0.29, 0.717) is 0 Å². The van der Waals surface area contributed by atoms with Gasteiger partial charge in [0.25, 0.3) is 0 Å². The van der Waals surface area contributed by atoms with Gasteiger partial charge in [0.05, 0.1) is 19.4 Å². The maximum absolute atomic E-state index is 11.8. The zero-order valence-electron chi connectivity index (χ0n) is 9.32. The van der Waals surface area contributed by atoms with Gasteiger partial charge in [-0.1, -0.05) is 6.58 Å². The van der Waals surface area contributed by atoms with E-state index in [2.05, 4.69) is 6.58 Å². The van der Waals surface area contributed by atoms with Gasteiger partial charge in [0, 0.05) is 12.7 Å². The molecule has 5 nitrogen and oxygen atoms in total. The fraction of sp³-hybridized carbons (Fsp3) is 0.667. The highest BCUT2D eigenvalue weighted by Crippen LogP contribution is 2.48. The summed E-state index contributed by atoms with van der Waals surface area (Å²) < 4.78 is 26.2. The summed E-state index contributed by atoms with van der Waals surface area (Å²) in [6.07, 6.45) is -0.143. The van der Waals surface area contributed by atoms with Gasteiger partial charge in [-0.15, -0.1) is 0 Å². The summed E-state index contributed by atoms with van der Waals surface area (Å²) in [7, 11) is -1.96. The Bertz CT molecular complexity index is 274. The van der Waals surface area contributed by atoms with Crippen LogP contribution in [0.2, 0.25) is 0 Å². The highest BCUT2D eigenvalue weighted by atomic mass is 31.2. The second-order valence-electron chi connectivity index (χ2n) is 2.69. The molecule has 0 aliphatic heterocycles. The van der Waals surface area contributed by atoms with Crippen LogP contribution in [0.3, 0.4) is 0 Å². The molecule has 0 bridgehead atoms. The fourth-order valence-electron chi connectivity index (χ4n) is 0.891. The molecule has 15 heavy (non-hydrogen) atoms. The van der Waals surface area contributed by atoms with Crippen molar-refractivity contribution in [3.8, 4) is 0 Å². The van der Waals surface area contributed by atoms with Crippen molar-refractivity contribution in [2.24, 2.45) is 0 Å². The molecule has 0 N–H and O–H groups in total. The minimum atomic E-state index is -3.23. The molecule has 0 saturated carbocycles. The Kier molecular flexibility index (Phi) is 6.48. The molecule has 0 saturated heterocycles. The van der Waals surface area contributed by atoms with Crippen molar-refractivity contribution in [3.63, 3.8) is 0 Å².